The summed E-state index contributed by atoms with van der Waals surface area (Å²) >= 11 is 0. The zero-order valence-corrected chi connectivity index (χ0v) is 18.8. The smallest absolute Gasteiger partial charge is 0.227 e. The van der Waals surface area contributed by atoms with Crippen molar-refractivity contribution < 1.29 is 4.79 Å². The van der Waals surface area contributed by atoms with Crippen molar-refractivity contribution in [2.45, 2.75) is 25.3 Å². The summed E-state index contributed by atoms with van der Waals surface area (Å²) in [6.45, 7) is 1.42. The van der Waals surface area contributed by atoms with Gasteiger partial charge < -0.3 is 15.5 Å². The summed E-state index contributed by atoms with van der Waals surface area (Å²) in [6, 6.07) is 18.4. The third kappa shape index (κ3) is 4.01. The van der Waals surface area contributed by atoms with Gasteiger partial charge in [-0.1, -0.05) is 36.4 Å². The molecule has 7 nitrogen and oxygen atoms in total. The zero-order valence-electron chi connectivity index (χ0n) is 18.8. The number of nitrogens with one attached hydrogen (secondary N) is 3. The lowest BCUT2D eigenvalue weighted by Gasteiger charge is -2.29. The van der Waals surface area contributed by atoms with E-state index < -0.39 is 0 Å². The van der Waals surface area contributed by atoms with Gasteiger partial charge in [-0.25, -0.2) is 4.98 Å². The Morgan fingerprint density at radius 1 is 1.15 bits per heavy atom. The molecule has 0 aliphatic carbocycles. The van der Waals surface area contributed by atoms with Crippen LogP contribution < -0.4 is 10.6 Å². The van der Waals surface area contributed by atoms with Crippen molar-refractivity contribution in [3.8, 4) is 0 Å². The van der Waals surface area contributed by atoms with Crippen LogP contribution in [0.4, 0.5) is 17.2 Å². The molecular formula is C27H26N6O. The minimum atomic E-state index is 0.187. The van der Waals surface area contributed by atoms with Crippen LogP contribution in [-0.2, 0) is 17.6 Å². The largest absolute Gasteiger partial charge is 0.363 e. The number of pyridine rings is 1. The van der Waals surface area contributed by atoms with Crippen LogP contribution in [0.5, 0.6) is 0 Å². The van der Waals surface area contributed by atoms with Crippen LogP contribution in [0.15, 0.2) is 78.6 Å². The molecule has 7 heteroatoms. The maximum Gasteiger partial charge on any atom is 0.227 e. The molecule has 1 unspecified atom stereocenters. The second kappa shape index (κ2) is 8.67. The summed E-state index contributed by atoms with van der Waals surface area (Å²) < 4.78 is 0. The summed E-state index contributed by atoms with van der Waals surface area (Å²) in [7, 11) is 0. The Morgan fingerprint density at radius 3 is 2.91 bits per heavy atom. The Hall–Kier alpha value is -4.13. The van der Waals surface area contributed by atoms with Gasteiger partial charge >= 0.3 is 0 Å². The monoisotopic (exact) mass is 450 g/mol. The molecule has 0 saturated carbocycles. The van der Waals surface area contributed by atoms with Crippen LogP contribution in [-0.4, -0.2) is 45.1 Å². The van der Waals surface area contributed by atoms with Crippen LogP contribution in [0.25, 0.3) is 10.9 Å². The van der Waals surface area contributed by atoms with Crippen molar-refractivity contribution in [1.29, 1.82) is 0 Å². The van der Waals surface area contributed by atoms with Gasteiger partial charge in [-0.2, -0.15) is 5.10 Å². The lowest BCUT2D eigenvalue weighted by atomic mass is 9.96. The fraction of sp³-hybridized carbons (Fsp3) is 0.222. The van der Waals surface area contributed by atoms with E-state index in [2.05, 4.69) is 44.0 Å². The molecule has 4 heterocycles. The van der Waals surface area contributed by atoms with Crippen molar-refractivity contribution in [3.63, 3.8) is 0 Å². The van der Waals surface area contributed by atoms with Crippen LogP contribution >= 0.6 is 0 Å². The Bertz CT molecular complexity index is 1380. The van der Waals surface area contributed by atoms with Gasteiger partial charge in [-0.15, -0.1) is 0 Å². The predicted octanol–water partition coefficient (Wildman–Crippen LogP) is 4.44. The van der Waals surface area contributed by atoms with E-state index in [0.717, 1.165) is 53.0 Å². The van der Waals surface area contributed by atoms with E-state index in [-0.39, 0.29) is 11.9 Å². The highest BCUT2D eigenvalue weighted by molar-refractivity contribution is 5.84. The van der Waals surface area contributed by atoms with E-state index in [9.17, 15) is 4.79 Å². The Labute approximate surface area is 197 Å². The number of aromatic amines is 1. The minimum Gasteiger partial charge on any atom is -0.363 e. The first-order chi connectivity index (χ1) is 16.7. The van der Waals surface area contributed by atoms with Gasteiger partial charge in [-0.3, -0.25) is 9.89 Å². The van der Waals surface area contributed by atoms with Gasteiger partial charge in [0.15, 0.2) is 0 Å². The highest BCUT2D eigenvalue weighted by Crippen LogP contribution is 2.35. The fourth-order valence-electron chi connectivity index (χ4n) is 4.87. The third-order valence-electron chi connectivity index (χ3n) is 6.74. The first kappa shape index (κ1) is 20.5. The zero-order chi connectivity index (χ0) is 22.9. The summed E-state index contributed by atoms with van der Waals surface area (Å²) in [5.41, 5.74) is 6.73. The van der Waals surface area contributed by atoms with Crippen molar-refractivity contribution >= 4 is 34.0 Å². The molecule has 0 radical (unpaired) electrons. The number of aromatic nitrogens is 3. The number of rotatable bonds is 5. The lowest BCUT2D eigenvalue weighted by molar-refractivity contribution is -0.130. The summed E-state index contributed by atoms with van der Waals surface area (Å²) in [4.78, 5) is 19.2. The topological polar surface area (TPSA) is 85.9 Å². The summed E-state index contributed by atoms with van der Waals surface area (Å²) in [5, 5.41) is 15.3. The molecule has 0 bridgehead atoms. The molecule has 0 spiro atoms. The van der Waals surface area contributed by atoms with Crippen LogP contribution in [0, 0.1) is 0 Å². The minimum absolute atomic E-state index is 0.187. The first-order valence-electron chi connectivity index (χ1n) is 11.7. The maximum absolute atomic E-state index is 12.7. The van der Waals surface area contributed by atoms with Crippen LogP contribution in [0.3, 0.4) is 0 Å². The second-order valence-electron chi connectivity index (χ2n) is 8.91. The van der Waals surface area contributed by atoms with E-state index in [0.29, 0.717) is 13.0 Å². The van der Waals surface area contributed by atoms with Gasteiger partial charge in [0, 0.05) is 48.0 Å². The normalized spacial score (nSPS) is 17.2. The predicted molar refractivity (Wildman–Crippen MR) is 134 cm³/mol. The summed E-state index contributed by atoms with van der Waals surface area (Å²) in [6.07, 6.45) is 8.11. The van der Waals surface area contributed by atoms with E-state index in [1.165, 1.54) is 11.1 Å². The van der Waals surface area contributed by atoms with Gasteiger partial charge in [0.25, 0.3) is 0 Å². The van der Waals surface area contributed by atoms with E-state index in [1.54, 1.807) is 0 Å². The third-order valence-corrected chi connectivity index (χ3v) is 6.74. The van der Waals surface area contributed by atoms with Crippen LogP contribution in [0.2, 0.25) is 0 Å². The van der Waals surface area contributed by atoms with Gasteiger partial charge in [0.1, 0.15) is 5.82 Å². The maximum atomic E-state index is 12.7. The number of carbonyl (C=O) groups excluding carboxylic acids is 1. The molecule has 3 N–H and O–H groups in total. The van der Waals surface area contributed by atoms with Crippen molar-refractivity contribution in [3.05, 3.63) is 89.8 Å². The average Bonchev–Trinajstić information content (AvgIpc) is 3.52. The Balaban J connectivity index is 1.13. The number of carbonyl (C=O) groups is 1. The van der Waals surface area contributed by atoms with E-state index >= 15 is 0 Å². The molecule has 1 atom stereocenters. The fourth-order valence-corrected chi connectivity index (χ4v) is 4.87. The molecule has 2 aromatic heterocycles. The van der Waals surface area contributed by atoms with Crippen molar-refractivity contribution in [2.24, 2.45) is 0 Å². The Morgan fingerprint density at radius 2 is 2.06 bits per heavy atom. The molecule has 6 rings (SSSR count). The molecule has 0 saturated heterocycles. The number of hydrogen-bond acceptors (Lipinski definition) is 5. The number of fused-ring (bicyclic) bond motifs is 2. The first-order valence-corrected chi connectivity index (χ1v) is 11.7. The number of benzene rings is 2. The number of anilines is 3. The molecule has 2 aliphatic rings. The standard InChI is InChI=1S/C27H26N6O/c34-26(14-18-4-2-1-3-5-18)33-12-9-19(10-13-33)25-16-22-24(8-11-28-27(22)31-25)30-21-6-7-23-20(15-21)17-29-32-23/h1-9,11,15,17,25H,10,12-14,16H2,(H,29,32)(H2,28,30,31). The highest BCUT2D eigenvalue weighted by atomic mass is 16.2. The van der Waals surface area contributed by atoms with Crippen molar-refractivity contribution in [1.82, 2.24) is 20.1 Å². The van der Waals surface area contributed by atoms with E-state index in [4.69, 9.17) is 0 Å². The number of amides is 1. The molecular weight excluding hydrogens is 424 g/mol. The van der Waals surface area contributed by atoms with Crippen molar-refractivity contribution in [2.75, 3.05) is 23.7 Å². The lowest BCUT2D eigenvalue weighted by Crippen LogP contribution is -2.38. The molecule has 2 aromatic carbocycles. The molecule has 170 valence electrons. The average molecular weight is 451 g/mol. The number of H-pyrrole nitrogens is 1. The Kier molecular flexibility index (Phi) is 5.22. The second-order valence-corrected chi connectivity index (χ2v) is 8.91. The van der Waals surface area contributed by atoms with E-state index in [1.807, 2.05) is 59.8 Å². The number of hydrogen-bond donors (Lipinski definition) is 3. The molecule has 2 aliphatic heterocycles. The van der Waals surface area contributed by atoms with Crippen LogP contribution in [0.1, 0.15) is 17.5 Å². The quantitative estimate of drug-likeness (QED) is 0.392. The van der Waals surface area contributed by atoms with Gasteiger partial charge in [-0.05, 0) is 41.8 Å². The molecule has 4 aromatic rings. The molecule has 34 heavy (non-hydrogen) atoms. The number of nitrogens with zero attached hydrogens (tertiary/aromatic N) is 3. The SMILES string of the molecule is O=C(Cc1ccccc1)N1CC=C(C2Cc3c(Nc4ccc5[nH]ncc5c4)ccnc3N2)CC1. The molecule has 1 amide bonds. The van der Waals surface area contributed by atoms with Gasteiger partial charge in [0.05, 0.1) is 24.2 Å². The molecule has 0 fully saturated rings. The van der Waals surface area contributed by atoms with Gasteiger partial charge in [0.2, 0.25) is 5.91 Å². The summed E-state index contributed by atoms with van der Waals surface area (Å²) in [5.74, 6) is 1.12. The highest BCUT2D eigenvalue weighted by Gasteiger charge is 2.29.